The lowest BCUT2D eigenvalue weighted by atomic mass is 10.1. The van der Waals surface area contributed by atoms with Crippen LogP contribution in [-0.4, -0.2) is 9.97 Å². The fourth-order valence-corrected chi connectivity index (χ4v) is 1.71. The van der Waals surface area contributed by atoms with Crippen molar-refractivity contribution in [2.75, 3.05) is 0 Å². The van der Waals surface area contributed by atoms with Crippen LogP contribution in [0, 0.1) is 12.8 Å². The summed E-state index contributed by atoms with van der Waals surface area (Å²) in [5.41, 5.74) is 4.71. The van der Waals surface area contributed by atoms with Crippen molar-refractivity contribution in [2.24, 2.45) is 11.8 Å². The fraction of sp³-hybridized carbons (Fsp3) is 0.636. The Morgan fingerprint density at radius 2 is 2.27 bits per heavy atom. The van der Waals surface area contributed by atoms with Gasteiger partial charge < -0.3 is 0 Å². The zero-order chi connectivity index (χ0) is 10.7. The van der Waals surface area contributed by atoms with E-state index in [2.05, 4.69) is 15.4 Å². The number of nitrogens with two attached hydrogens (primary N) is 1. The van der Waals surface area contributed by atoms with Gasteiger partial charge in [0, 0.05) is 6.20 Å². The van der Waals surface area contributed by atoms with Crippen LogP contribution in [0.15, 0.2) is 12.4 Å². The number of hydrazine groups is 1. The van der Waals surface area contributed by atoms with Crippen LogP contribution < -0.4 is 11.3 Å². The van der Waals surface area contributed by atoms with Crippen LogP contribution in [0.5, 0.6) is 0 Å². The molecule has 0 bridgehead atoms. The Kier molecular flexibility index (Phi) is 3.28. The number of aryl methyl sites for hydroxylation is 1. The molecule has 82 valence electrons. The zero-order valence-corrected chi connectivity index (χ0v) is 9.11. The zero-order valence-electron chi connectivity index (χ0n) is 9.11. The Morgan fingerprint density at radius 1 is 1.47 bits per heavy atom. The first-order valence-electron chi connectivity index (χ1n) is 5.54. The molecule has 4 heteroatoms. The van der Waals surface area contributed by atoms with E-state index in [9.17, 15) is 0 Å². The summed E-state index contributed by atoms with van der Waals surface area (Å²) in [6.07, 6.45) is 8.67. The van der Waals surface area contributed by atoms with E-state index >= 15 is 0 Å². The normalized spacial score (nSPS) is 17.7. The molecule has 1 aromatic heterocycles. The van der Waals surface area contributed by atoms with E-state index < -0.39 is 0 Å². The SMILES string of the molecule is Cc1cnc(C(CCC2CC2)NN)cn1. The van der Waals surface area contributed by atoms with Crippen LogP contribution in [-0.2, 0) is 0 Å². The highest BCUT2D eigenvalue weighted by Crippen LogP contribution is 2.35. The van der Waals surface area contributed by atoms with Gasteiger partial charge in [-0.05, 0) is 25.7 Å². The molecule has 1 fully saturated rings. The minimum Gasteiger partial charge on any atom is -0.271 e. The van der Waals surface area contributed by atoms with Gasteiger partial charge in [-0.3, -0.25) is 21.2 Å². The van der Waals surface area contributed by atoms with Crippen molar-refractivity contribution in [3.05, 3.63) is 23.8 Å². The molecule has 1 saturated carbocycles. The van der Waals surface area contributed by atoms with Gasteiger partial charge in [0.05, 0.1) is 23.6 Å². The van der Waals surface area contributed by atoms with Crippen molar-refractivity contribution in [3.8, 4) is 0 Å². The third-order valence-electron chi connectivity index (χ3n) is 2.92. The Labute approximate surface area is 90.3 Å². The average Bonchev–Trinajstić information content (AvgIpc) is 3.05. The molecule has 15 heavy (non-hydrogen) atoms. The fourth-order valence-electron chi connectivity index (χ4n) is 1.71. The highest BCUT2D eigenvalue weighted by molar-refractivity contribution is 5.05. The molecule has 1 heterocycles. The molecular formula is C11H18N4. The van der Waals surface area contributed by atoms with E-state index in [1.165, 1.54) is 19.3 Å². The van der Waals surface area contributed by atoms with Gasteiger partial charge in [0.2, 0.25) is 0 Å². The summed E-state index contributed by atoms with van der Waals surface area (Å²) in [4.78, 5) is 8.58. The van der Waals surface area contributed by atoms with Gasteiger partial charge in [0.1, 0.15) is 0 Å². The second-order valence-electron chi connectivity index (χ2n) is 4.32. The van der Waals surface area contributed by atoms with Crippen molar-refractivity contribution >= 4 is 0 Å². The number of nitrogens with one attached hydrogen (secondary N) is 1. The Balaban J connectivity index is 1.94. The van der Waals surface area contributed by atoms with Crippen LogP contribution in [0.4, 0.5) is 0 Å². The smallest absolute Gasteiger partial charge is 0.0769 e. The minimum atomic E-state index is 0.152. The molecule has 4 nitrogen and oxygen atoms in total. The van der Waals surface area contributed by atoms with Crippen LogP contribution >= 0.6 is 0 Å². The predicted molar refractivity (Wildman–Crippen MR) is 58.8 cm³/mol. The molecule has 0 saturated heterocycles. The molecule has 2 rings (SSSR count). The topological polar surface area (TPSA) is 63.8 Å². The summed E-state index contributed by atoms with van der Waals surface area (Å²) < 4.78 is 0. The first kappa shape index (κ1) is 10.5. The van der Waals surface area contributed by atoms with Crippen molar-refractivity contribution < 1.29 is 0 Å². The molecule has 0 spiro atoms. The lowest BCUT2D eigenvalue weighted by Crippen LogP contribution is -2.28. The van der Waals surface area contributed by atoms with Crippen LogP contribution in [0.3, 0.4) is 0 Å². The third kappa shape index (κ3) is 2.97. The molecule has 0 radical (unpaired) electrons. The standard InChI is InChI=1S/C11H18N4/c1-8-6-14-11(7-13-8)10(15-12)5-4-9-2-3-9/h6-7,9-10,15H,2-5,12H2,1H3. The van der Waals surface area contributed by atoms with E-state index in [-0.39, 0.29) is 6.04 Å². The molecule has 0 amide bonds. The monoisotopic (exact) mass is 206 g/mol. The highest BCUT2D eigenvalue weighted by Gasteiger charge is 2.23. The van der Waals surface area contributed by atoms with E-state index in [1.54, 1.807) is 6.20 Å². The van der Waals surface area contributed by atoms with Gasteiger partial charge >= 0.3 is 0 Å². The maximum atomic E-state index is 5.53. The largest absolute Gasteiger partial charge is 0.271 e. The Hall–Kier alpha value is -1.00. The Bertz CT molecular complexity index is 305. The summed E-state index contributed by atoms with van der Waals surface area (Å²) in [7, 11) is 0. The molecule has 1 aliphatic rings. The van der Waals surface area contributed by atoms with E-state index in [1.807, 2.05) is 13.1 Å². The number of nitrogens with zero attached hydrogens (tertiary/aromatic N) is 2. The maximum Gasteiger partial charge on any atom is 0.0769 e. The number of rotatable bonds is 5. The first-order chi connectivity index (χ1) is 7.29. The van der Waals surface area contributed by atoms with Crippen LogP contribution in [0.2, 0.25) is 0 Å². The van der Waals surface area contributed by atoms with Gasteiger partial charge in [-0.2, -0.15) is 0 Å². The van der Waals surface area contributed by atoms with Crippen molar-refractivity contribution in [1.29, 1.82) is 0 Å². The van der Waals surface area contributed by atoms with Gasteiger partial charge in [-0.15, -0.1) is 0 Å². The van der Waals surface area contributed by atoms with Crippen molar-refractivity contribution in [2.45, 2.75) is 38.6 Å². The molecule has 3 N–H and O–H groups in total. The highest BCUT2D eigenvalue weighted by atomic mass is 15.2. The lowest BCUT2D eigenvalue weighted by Gasteiger charge is -2.14. The molecule has 0 aliphatic heterocycles. The summed E-state index contributed by atoms with van der Waals surface area (Å²) in [5.74, 6) is 6.46. The minimum absolute atomic E-state index is 0.152. The second-order valence-corrected chi connectivity index (χ2v) is 4.32. The molecule has 1 unspecified atom stereocenters. The average molecular weight is 206 g/mol. The molecule has 1 aromatic rings. The quantitative estimate of drug-likeness (QED) is 0.566. The summed E-state index contributed by atoms with van der Waals surface area (Å²) in [6, 6.07) is 0.152. The maximum absolute atomic E-state index is 5.53. The van der Waals surface area contributed by atoms with E-state index in [4.69, 9.17) is 5.84 Å². The van der Waals surface area contributed by atoms with Gasteiger partial charge in [0.25, 0.3) is 0 Å². The van der Waals surface area contributed by atoms with Crippen molar-refractivity contribution in [1.82, 2.24) is 15.4 Å². The van der Waals surface area contributed by atoms with Gasteiger partial charge in [-0.1, -0.05) is 12.8 Å². The predicted octanol–water partition coefficient (Wildman–Crippen LogP) is 1.48. The summed E-state index contributed by atoms with van der Waals surface area (Å²) in [5, 5.41) is 0. The molecular weight excluding hydrogens is 188 g/mol. The molecule has 1 atom stereocenters. The first-order valence-corrected chi connectivity index (χ1v) is 5.54. The van der Waals surface area contributed by atoms with Crippen LogP contribution in [0.1, 0.15) is 43.1 Å². The van der Waals surface area contributed by atoms with E-state index in [0.717, 1.165) is 23.7 Å². The van der Waals surface area contributed by atoms with Gasteiger partial charge in [-0.25, -0.2) is 0 Å². The molecule has 0 aromatic carbocycles. The van der Waals surface area contributed by atoms with Crippen molar-refractivity contribution in [3.63, 3.8) is 0 Å². The number of hydrogen-bond acceptors (Lipinski definition) is 4. The number of hydrogen-bond donors (Lipinski definition) is 2. The van der Waals surface area contributed by atoms with E-state index in [0.29, 0.717) is 0 Å². The third-order valence-corrected chi connectivity index (χ3v) is 2.92. The summed E-state index contributed by atoms with van der Waals surface area (Å²) >= 11 is 0. The summed E-state index contributed by atoms with van der Waals surface area (Å²) in [6.45, 7) is 1.94. The molecule has 1 aliphatic carbocycles. The number of aromatic nitrogens is 2. The second kappa shape index (κ2) is 4.68. The van der Waals surface area contributed by atoms with Gasteiger partial charge in [0.15, 0.2) is 0 Å². The van der Waals surface area contributed by atoms with Crippen LogP contribution in [0.25, 0.3) is 0 Å². The lowest BCUT2D eigenvalue weighted by molar-refractivity contribution is 0.470. The Morgan fingerprint density at radius 3 is 2.80 bits per heavy atom.